The molecule has 0 spiro atoms. The van der Waals surface area contributed by atoms with Crippen molar-refractivity contribution in [1.29, 1.82) is 0 Å². The maximum atomic E-state index is 5.63. The van der Waals surface area contributed by atoms with Crippen LogP contribution in [0.3, 0.4) is 0 Å². The molecule has 2 aromatic carbocycles. The van der Waals surface area contributed by atoms with Crippen molar-refractivity contribution in [2.45, 2.75) is 18.7 Å². The Morgan fingerprint density at radius 2 is 1.45 bits per heavy atom. The van der Waals surface area contributed by atoms with Gasteiger partial charge < -0.3 is 4.74 Å². The molecule has 0 aliphatic heterocycles. The van der Waals surface area contributed by atoms with Crippen molar-refractivity contribution in [2.24, 2.45) is 0 Å². The average molecular weight is 284 g/mol. The SMILES string of the molecule is Cc1ccc(OC/C=C/CSc2ccc(C)cc2)cc1. The Morgan fingerprint density at radius 1 is 0.850 bits per heavy atom. The number of hydrogen-bond acceptors (Lipinski definition) is 2. The predicted molar refractivity (Wildman–Crippen MR) is 87.7 cm³/mol. The maximum Gasteiger partial charge on any atom is 0.119 e. The van der Waals surface area contributed by atoms with Crippen LogP contribution in [0.4, 0.5) is 0 Å². The van der Waals surface area contributed by atoms with Crippen LogP contribution < -0.4 is 4.74 Å². The zero-order valence-electron chi connectivity index (χ0n) is 12.0. The smallest absolute Gasteiger partial charge is 0.119 e. The number of thioether (sulfide) groups is 1. The van der Waals surface area contributed by atoms with Crippen LogP contribution in [0, 0.1) is 13.8 Å². The average Bonchev–Trinajstić information content (AvgIpc) is 2.46. The molecule has 2 rings (SSSR count). The predicted octanol–water partition coefficient (Wildman–Crippen LogP) is 5.03. The second-order valence-corrected chi connectivity index (χ2v) is 5.81. The highest BCUT2D eigenvalue weighted by atomic mass is 32.2. The summed E-state index contributed by atoms with van der Waals surface area (Å²) in [5.41, 5.74) is 2.55. The number of aryl methyl sites for hydroxylation is 2. The minimum atomic E-state index is 0.623. The lowest BCUT2D eigenvalue weighted by atomic mass is 10.2. The molecule has 0 aliphatic rings. The Bertz CT molecular complexity index is 489. The second-order valence-electron chi connectivity index (χ2n) is 4.72. The molecule has 0 unspecified atom stereocenters. The summed E-state index contributed by atoms with van der Waals surface area (Å²) in [4.78, 5) is 1.31. The van der Waals surface area contributed by atoms with Gasteiger partial charge in [0.1, 0.15) is 12.4 Å². The van der Waals surface area contributed by atoms with Gasteiger partial charge in [0.2, 0.25) is 0 Å². The fraction of sp³-hybridized carbons (Fsp3) is 0.222. The van der Waals surface area contributed by atoms with Crippen LogP contribution in [-0.2, 0) is 0 Å². The van der Waals surface area contributed by atoms with Crippen LogP contribution in [0.1, 0.15) is 11.1 Å². The van der Waals surface area contributed by atoms with Gasteiger partial charge in [-0.1, -0.05) is 47.5 Å². The Labute approximate surface area is 125 Å². The van der Waals surface area contributed by atoms with Gasteiger partial charge in [0.25, 0.3) is 0 Å². The quantitative estimate of drug-likeness (QED) is 0.543. The first kappa shape index (κ1) is 14.7. The van der Waals surface area contributed by atoms with E-state index in [0.717, 1.165) is 11.5 Å². The van der Waals surface area contributed by atoms with E-state index in [0.29, 0.717) is 6.61 Å². The standard InChI is InChI=1S/C18H20OS/c1-15-5-9-17(10-6-15)19-13-3-4-14-20-18-11-7-16(2)8-12-18/h3-12H,13-14H2,1-2H3/b4-3+. The molecule has 0 heterocycles. The molecule has 0 N–H and O–H groups in total. The molecule has 0 aromatic heterocycles. The van der Waals surface area contributed by atoms with Crippen LogP contribution in [0.25, 0.3) is 0 Å². The highest BCUT2D eigenvalue weighted by Crippen LogP contribution is 2.18. The third-order valence-electron chi connectivity index (χ3n) is 2.90. The lowest BCUT2D eigenvalue weighted by molar-refractivity contribution is 0.362. The van der Waals surface area contributed by atoms with Gasteiger partial charge in [-0.25, -0.2) is 0 Å². The maximum absolute atomic E-state index is 5.63. The lowest BCUT2D eigenvalue weighted by Gasteiger charge is -2.03. The molecule has 20 heavy (non-hydrogen) atoms. The fourth-order valence-electron chi connectivity index (χ4n) is 1.69. The molecule has 0 aliphatic carbocycles. The van der Waals surface area contributed by atoms with E-state index < -0.39 is 0 Å². The zero-order valence-corrected chi connectivity index (χ0v) is 12.8. The zero-order chi connectivity index (χ0) is 14.2. The van der Waals surface area contributed by atoms with Crippen molar-refractivity contribution in [3.63, 3.8) is 0 Å². The Morgan fingerprint density at radius 3 is 2.10 bits per heavy atom. The summed E-state index contributed by atoms with van der Waals surface area (Å²) < 4.78 is 5.63. The highest BCUT2D eigenvalue weighted by Gasteiger charge is 1.92. The summed E-state index contributed by atoms with van der Waals surface area (Å²) in [6, 6.07) is 16.7. The minimum Gasteiger partial charge on any atom is -0.490 e. The van der Waals surface area contributed by atoms with E-state index in [4.69, 9.17) is 4.74 Å². The molecule has 0 saturated heterocycles. The minimum absolute atomic E-state index is 0.623. The van der Waals surface area contributed by atoms with E-state index in [1.54, 1.807) is 0 Å². The van der Waals surface area contributed by atoms with Gasteiger partial charge in [-0.15, -0.1) is 11.8 Å². The Balaban J connectivity index is 1.67. The molecule has 0 atom stereocenters. The molecular weight excluding hydrogens is 264 g/mol. The molecule has 0 radical (unpaired) electrons. The van der Waals surface area contributed by atoms with Gasteiger partial charge in [0.15, 0.2) is 0 Å². The van der Waals surface area contributed by atoms with Gasteiger partial charge in [-0.05, 0) is 38.1 Å². The van der Waals surface area contributed by atoms with E-state index in [1.165, 1.54) is 16.0 Å². The number of ether oxygens (including phenoxy) is 1. The van der Waals surface area contributed by atoms with Gasteiger partial charge in [0, 0.05) is 10.6 Å². The third kappa shape index (κ3) is 5.14. The van der Waals surface area contributed by atoms with Crippen LogP contribution in [0.5, 0.6) is 5.75 Å². The lowest BCUT2D eigenvalue weighted by Crippen LogP contribution is -1.93. The summed E-state index contributed by atoms with van der Waals surface area (Å²) in [5.74, 6) is 1.90. The monoisotopic (exact) mass is 284 g/mol. The first-order chi connectivity index (χ1) is 9.74. The second kappa shape index (κ2) is 7.81. The van der Waals surface area contributed by atoms with Gasteiger partial charge in [0.05, 0.1) is 0 Å². The van der Waals surface area contributed by atoms with Crippen molar-refractivity contribution < 1.29 is 4.74 Å². The van der Waals surface area contributed by atoms with Crippen LogP contribution in [-0.4, -0.2) is 12.4 Å². The van der Waals surface area contributed by atoms with Crippen molar-refractivity contribution in [2.75, 3.05) is 12.4 Å². The Hall–Kier alpha value is -1.67. The van der Waals surface area contributed by atoms with Crippen LogP contribution >= 0.6 is 11.8 Å². The summed E-state index contributed by atoms with van der Waals surface area (Å²) in [6.45, 7) is 4.81. The number of hydrogen-bond donors (Lipinski definition) is 0. The van der Waals surface area contributed by atoms with E-state index >= 15 is 0 Å². The molecule has 2 aromatic rings. The molecule has 0 amide bonds. The van der Waals surface area contributed by atoms with E-state index in [1.807, 2.05) is 23.9 Å². The van der Waals surface area contributed by atoms with Crippen LogP contribution in [0.2, 0.25) is 0 Å². The van der Waals surface area contributed by atoms with Gasteiger partial charge >= 0.3 is 0 Å². The molecule has 0 fully saturated rings. The van der Waals surface area contributed by atoms with Crippen molar-refractivity contribution >= 4 is 11.8 Å². The molecule has 1 nitrogen and oxygen atoms in total. The fourth-order valence-corrected chi connectivity index (χ4v) is 2.45. The topological polar surface area (TPSA) is 9.23 Å². The van der Waals surface area contributed by atoms with Crippen molar-refractivity contribution in [3.05, 3.63) is 71.8 Å². The Kier molecular flexibility index (Phi) is 5.75. The normalized spacial score (nSPS) is 10.9. The van der Waals surface area contributed by atoms with E-state index in [-0.39, 0.29) is 0 Å². The van der Waals surface area contributed by atoms with E-state index in [9.17, 15) is 0 Å². The third-order valence-corrected chi connectivity index (χ3v) is 3.87. The largest absolute Gasteiger partial charge is 0.490 e. The summed E-state index contributed by atoms with van der Waals surface area (Å²) in [7, 11) is 0. The molecule has 104 valence electrons. The number of benzene rings is 2. The first-order valence-electron chi connectivity index (χ1n) is 6.78. The summed E-state index contributed by atoms with van der Waals surface area (Å²) in [6.07, 6.45) is 4.22. The summed E-state index contributed by atoms with van der Waals surface area (Å²) in [5, 5.41) is 0. The van der Waals surface area contributed by atoms with E-state index in [2.05, 4.69) is 62.4 Å². The first-order valence-corrected chi connectivity index (χ1v) is 7.76. The van der Waals surface area contributed by atoms with Crippen molar-refractivity contribution in [1.82, 2.24) is 0 Å². The molecule has 0 saturated carbocycles. The summed E-state index contributed by atoms with van der Waals surface area (Å²) >= 11 is 1.83. The van der Waals surface area contributed by atoms with Crippen molar-refractivity contribution in [3.8, 4) is 5.75 Å². The van der Waals surface area contributed by atoms with Gasteiger partial charge in [-0.2, -0.15) is 0 Å². The number of rotatable bonds is 6. The van der Waals surface area contributed by atoms with Gasteiger partial charge in [-0.3, -0.25) is 0 Å². The molecule has 0 bridgehead atoms. The molecular formula is C18H20OS. The van der Waals surface area contributed by atoms with Crippen LogP contribution in [0.15, 0.2) is 65.6 Å². The molecule has 2 heteroatoms. The highest BCUT2D eigenvalue weighted by molar-refractivity contribution is 7.99.